The normalized spacial score (nSPS) is 14.9. The van der Waals surface area contributed by atoms with Crippen molar-refractivity contribution in [2.75, 3.05) is 26.2 Å². The molecule has 0 fully saturated rings. The molecule has 1 aliphatic rings. The smallest absolute Gasteiger partial charge is 0.0991 e. The number of unbranched alkanes of at least 4 members (excludes halogenated alkanes) is 9. The molecule has 0 aliphatic carbocycles. The summed E-state index contributed by atoms with van der Waals surface area (Å²) in [5.74, 6) is 1.20. The summed E-state index contributed by atoms with van der Waals surface area (Å²) in [4.78, 5) is 6.76. The number of amidine groups is 1. The summed E-state index contributed by atoms with van der Waals surface area (Å²) in [6, 6.07) is 0. The van der Waals surface area contributed by atoms with Crippen molar-refractivity contribution in [3.05, 3.63) is 12.2 Å². The lowest BCUT2D eigenvalue weighted by atomic mass is 10.1. The second-order valence-corrected chi connectivity index (χ2v) is 6.64. The first-order chi connectivity index (χ1) is 11.4. The Morgan fingerprint density at radius 1 is 0.957 bits per heavy atom. The molecule has 3 nitrogen and oxygen atoms in total. The van der Waals surface area contributed by atoms with Crippen molar-refractivity contribution in [1.29, 1.82) is 0 Å². The Kier molecular flexibility index (Phi) is 13.0. The topological polar surface area (TPSA) is 35.8 Å². The molecule has 134 valence electrons. The van der Waals surface area contributed by atoms with Crippen LogP contribution < -0.4 is 0 Å². The highest BCUT2D eigenvalue weighted by Gasteiger charge is 2.14. The van der Waals surface area contributed by atoms with E-state index >= 15 is 0 Å². The summed E-state index contributed by atoms with van der Waals surface area (Å²) in [5, 5.41) is 9.02. The zero-order valence-electron chi connectivity index (χ0n) is 15.3. The van der Waals surface area contributed by atoms with Crippen LogP contribution in [0.15, 0.2) is 17.1 Å². The Balaban J connectivity index is 1.87. The molecule has 0 aromatic heterocycles. The van der Waals surface area contributed by atoms with Crippen LogP contribution in [0.3, 0.4) is 0 Å². The number of aliphatic hydroxyl groups excluding tert-OH is 1. The highest BCUT2D eigenvalue weighted by atomic mass is 16.3. The molecule has 0 aromatic carbocycles. The van der Waals surface area contributed by atoms with Gasteiger partial charge in [0.2, 0.25) is 0 Å². The Morgan fingerprint density at radius 3 is 2.30 bits per heavy atom. The van der Waals surface area contributed by atoms with Gasteiger partial charge < -0.3 is 10.0 Å². The van der Waals surface area contributed by atoms with Gasteiger partial charge in [-0.2, -0.15) is 0 Å². The van der Waals surface area contributed by atoms with Gasteiger partial charge in [0.25, 0.3) is 0 Å². The lowest BCUT2D eigenvalue weighted by Gasteiger charge is -2.18. The SMILES string of the molecule is CCCCCCCCCC/C=C/CCCC1=NCCN1CCO. The fourth-order valence-corrected chi connectivity index (χ4v) is 3.14. The van der Waals surface area contributed by atoms with E-state index in [-0.39, 0.29) is 6.61 Å². The van der Waals surface area contributed by atoms with Crippen LogP contribution in [0.4, 0.5) is 0 Å². The summed E-state index contributed by atoms with van der Waals surface area (Å²) >= 11 is 0. The minimum absolute atomic E-state index is 0.234. The van der Waals surface area contributed by atoms with Crippen molar-refractivity contribution >= 4 is 5.84 Å². The van der Waals surface area contributed by atoms with Gasteiger partial charge in [-0.3, -0.25) is 4.99 Å². The van der Waals surface area contributed by atoms with Crippen LogP contribution >= 0.6 is 0 Å². The van der Waals surface area contributed by atoms with Crippen LogP contribution in [-0.2, 0) is 0 Å². The molecule has 0 aromatic rings. The number of hydrogen-bond acceptors (Lipinski definition) is 3. The van der Waals surface area contributed by atoms with Gasteiger partial charge in [-0.05, 0) is 25.7 Å². The van der Waals surface area contributed by atoms with Gasteiger partial charge in [0.15, 0.2) is 0 Å². The maximum atomic E-state index is 9.02. The largest absolute Gasteiger partial charge is 0.395 e. The van der Waals surface area contributed by atoms with Gasteiger partial charge in [0.05, 0.1) is 19.0 Å². The van der Waals surface area contributed by atoms with Crippen LogP contribution in [0.25, 0.3) is 0 Å². The first-order valence-electron chi connectivity index (χ1n) is 9.92. The zero-order chi connectivity index (χ0) is 16.6. The zero-order valence-corrected chi connectivity index (χ0v) is 15.3. The third kappa shape index (κ3) is 10.5. The predicted octanol–water partition coefficient (Wildman–Crippen LogP) is 4.95. The molecule has 0 unspecified atom stereocenters. The van der Waals surface area contributed by atoms with Gasteiger partial charge in [-0.25, -0.2) is 0 Å². The summed E-state index contributed by atoms with van der Waals surface area (Å²) in [7, 11) is 0. The summed E-state index contributed by atoms with van der Waals surface area (Å²) < 4.78 is 0. The molecule has 0 saturated heterocycles. The van der Waals surface area contributed by atoms with Gasteiger partial charge in [-0.15, -0.1) is 0 Å². The number of β-amino-alcohol motifs (C(OH)–C–C–N with tert-alkyl or cyclic N) is 1. The maximum absolute atomic E-state index is 9.02. The van der Waals surface area contributed by atoms with Gasteiger partial charge in [-0.1, -0.05) is 64.0 Å². The van der Waals surface area contributed by atoms with E-state index in [1.165, 1.54) is 70.0 Å². The van der Waals surface area contributed by atoms with Crippen LogP contribution in [-0.4, -0.2) is 42.1 Å². The number of rotatable bonds is 15. The fourth-order valence-electron chi connectivity index (χ4n) is 3.14. The molecule has 1 aliphatic heterocycles. The predicted molar refractivity (Wildman–Crippen MR) is 101 cm³/mol. The lowest BCUT2D eigenvalue weighted by Crippen LogP contribution is -2.30. The van der Waals surface area contributed by atoms with Crippen molar-refractivity contribution in [2.24, 2.45) is 4.99 Å². The molecule has 0 radical (unpaired) electrons. The van der Waals surface area contributed by atoms with E-state index in [0.29, 0.717) is 0 Å². The third-order valence-corrected chi connectivity index (χ3v) is 4.56. The highest BCUT2D eigenvalue weighted by Crippen LogP contribution is 2.11. The van der Waals surface area contributed by atoms with E-state index in [4.69, 9.17) is 5.11 Å². The summed E-state index contributed by atoms with van der Waals surface area (Å²) in [6.07, 6.45) is 20.5. The van der Waals surface area contributed by atoms with Gasteiger partial charge >= 0.3 is 0 Å². The Hall–Kier alpha value is -0.830. The van der Waals surface area contributed by atoms with E-state index in [1.807, 2.05) is 0 Å². The summed E-state index contributed by atoms with van der Waals surface area (Å²) in [6.45, 7) is 5.15. The molecule has 0 amide bonds. The highest BCUT2D eigenvalue weighted by molar-refractivity contribution is 5.83. The third-order valence-electron chi connectivity index (χ3n) is 4.56. The van der Waals surface area contributed by atoms with Crippen LogP contribution in [0.1, 0.15) is 84.0 Å². The standard InChI is InChI=1S/C20H38N2O/c1-2-3-4-5-6-7-8-9-10-11-12-13-14-15-20-21-16-17-22(20)18-19-23/h11-12,23H,2-10,13-19H2,1H3/b12-11+. The molecule has 0 bridgehead atoms. The van der Waals surface area contributed by atoms with Crippen molar-refractivity contribution in [3.8, 4) is 0 Å². The van der Waals surface area contributed by atoms with E-state index < -0.39 is 0 Å². The fraction of sp³-hybridized carbons (Fsp3) is 0.850. The number of aliphatic hydroxyl groups is 1. The Morgan fingerprint density at radius 2 is 1.61 bits per heavy atom. The molecule has 1 rings (SSSR count). The molecule has 0 spiro atoms. The second-order valence-electron chi connectivity index (χ2n) is 6.64. The Labute approximate surface area is 143 Å². The molecule has 0 saturated carbocycles. The first kappa shape index (κ1) is 20.2. The van der Waals surface area contributed by atoms with E-state index in [2.05, 4.69) is 29.0 Å². The van der Waals surface area contributed by atoms with Crippen LogP contribution in [0.2, 0.25) is 0 Å². The van der Waals surface area contributed by atoms with E-state index in [0.717, 1.165) is 32.5 Å². The monoisotopic (exact) mass is 322 g/mol. The van der Waals surface area contributed by atoms with Crippen molar-refractivity contribution < 1.29 is 5.11 Å². The summed E-state index contributed by atoms with van der Waals surface area (Å²) in [5.41, 5.74) is 0. The quantitative estimate of drug-likeness (QED) is 0.342. The van der Waals surface area contributed by atoms with Gasteiger partial charge in [0.1, 0.15) is 0 Å². The van der Waals surface area contributed by atoms with Gasteiger partial charge in [0, 0.05) is 19.5 Å². The molecule has 0 atom stereocenters. The minimum atomic E-state index is 0.234. The lowest BCUT2D eigenvalue weighted by molar-refractivity contribution is 0.255. The maximum Gasteiger partial charge on any atom is 0.0991 e. The average Bonchev–Trinajstić information content (AvgIpc) is 2.99. The molecule has 1 N–H and O–H groups in total. The number of hydrogen-bond donors (Lipinski definition) is 1. The molecular formula is C20H38N2O. The average molecular weight is 323 g/mol. The number of aliphatic imine (C=N–C) groups is 1. The molecule has 1 heterocycles. The van der Waals surface area contributed by atoms with Crippen LogP contribution in [0.5, 0.6) is 0 Å². The van der Waals surface area contributed by atoms with Crippen molar-refractivity contribution in [1.82, 2.24) is 4.90 Å². The molecular weight excluding hydrogens is 284 g/mol. The Bertz CT molecular complexity index is 326. The van der Waals surface area contributed by atoms with E-state index in [1.54, 1.807) is 0 Å². The molecule has 23 heavy (non-hydrogen) atoms. The van der Waals surface area contributed by atoms with Crippen molar-refractivity contribution in [2.45, 2.75) is 84.0 Å². The van der Waals surface area contributed by atoms with Crippen molar-refractivity contribution in [3.63, 3.8) is 0 Å². The number of nitrogens with zero attached hydrogens (tertiary/aromatic N) is 2. The van der Waals surface area contributed by atoms with E-state index in [9.17, 15) is 0 Å². The van der Waals surface area contributed by atoms with Crippen LogP contribution in [0, 0.1) is 0 Å². The molecule has 3 heteroatoms. The number of allylic oxidation sites excluding steroid dienone is 2. The minimum Gasteiger partial charge on any atom is -0.395 e. The first-order valence-corrected chi connectivity index (χ1v) is 9.92. The second kappa shape index (κ2) is 14.7.